The van der Waals surface area contributed by atoms with Crippen LogP contribution in [0.5, 0.6) is 11.5 Å². The molecule has 3 aromatic rings. The van der Waals surface area contributed by atoms with Crippen molar-refractivity contribution < 1.29 is 9.47 Å². The molecule has 0 saturated heterocycles. The Morgan fingerprint density at radius 2 is 1.55 bits per heavy atom. The molecular weight excluding hydrogens is 473 g/mol. The second-order valence-corrected chi connectivity index (χ2v) is 7.75. The van der Waals surface area contributed by atoms with Gasteiger partial charge < -0.3 is 14.8 Å². The lowest BCUT2D eigenvalue weighted by Crippen LogP contribution is -2.16. The number of halogens is 3. The molecule has 0 aliphatic heterocycles. The molecule has 3 nitrogen and oxygen atoms in total. The SMILES string of the molecule is COc1ccc(CCNCc2ccc(OCc3ccc(Cl)cc3)c(Br)c2)cc1.Cl. The molecule has 0 aliphatic rings. The first kappa shape index (κ1) is 23.6. The highest BCUT2D eigenvalue weighted by Crippen LogP contribution is 2.27. The van der Waals surface area contributed by atoms with E-state index in [9.17, 15) is 0 Å². The molecule has 0 aliphatic carbocycles. The summed E-state index contributed by atoms with van der Waals surface area (Å²) in [6, 6.07) is 22.1. The van der Waals surface area contributed by atoms with Crippen LogP contribution in [0.3, 0.4) is 0 Å². The molecule has 0 fully saturated rings. The summed E-state index contributed by atoms with van der Waals surface area (Å²) in [6.07, 6.45) is 0.980. The summed E-state index contributed by atoms with van der Waals surface area (Å²) in [5, 5.41) is 4.21. The van der Waals surface area contributed by atoms with Crippen molar-refractivity contribution in [3.63, 3.8) is 0 Å². The third-order valence-corrected chi connectivity index (χ3v) is 5.25. The zero-order valence-electron chi connectivity index (χ0n) is 16.2. The summed E-state index contributed by atoms with van der Waals surface area (Å²) < 4.78 is 12.0. The molecule has 0 heterocycles. The Balaban J connectivity index is 0.00000300. The van der Waals surface area contributed by atoms with E-state index < -0.39 is 0 Å². The molecule has 0 spiro atoms. The first-order valence-corrected chi connectivity index (χ1v) is 10.3. The maximum atomic E-state index is 5.91. The summed E-state index contributed by atoms with van der Waals surface area (Å²) in [5.74, 6) is 1.72. The molecule has 1 N–H and O–H groups in total. The van der Waals surface area contributed by atoms with Gasteiger partial charge in [0.15, 0.2) is 0 Å². The van der Waals surface area contributed by atoms with Crippen LogP contribution in [0.25, 0.3) is 0 Å². The van der Waals surface area contributed by atoms with E-state index in [0.717, 1.165) is 46.1 Å². The van der Waals surface area contributed by atoms with Gasteiger partial charge in [-0.25, -0.2) is 0 Å². The van der Waals surface area contributed by atoms with Gasteiger partial charge in [0.1, 0.15) is 18.1 Å². The number of hydrogen-bond acceptors (Lipinski definition) is 3. The Hall–Kier alpha value is -1.72. The lowest BCUT2D eigenvalue weighted by Gasteiger charge is -2.11. The monoisotopic (exact) mass is 495 g/mol. The van der Waals surface area contributed by atoms with E-state index in [1.807, 2.05) is 42.5 Å². The molecule has 0 saturated carbocycles. The Morgan fingerprint density at radius 1 is 0.897 bits per heavy atom. The molecule has 3 aromatic carbocycles. The fraction of sp³-hybridized carbons (Fsp3) is 0.217. The maximum absolute atomic E-state index is 5.91. The van der Waals surface area contributed by atoms with Gasteiger partial charge >= 0.3 is 0 Å². The van der Waals surface area contributed by atoms with Crippen LogP contribution in [0.4, 0.5) is 0 Å². The number of rotatable bonds is 9. The molecule has 29 heavy (non-hydrogen) atoms. The van der Waals surface area contributed by atoms with E-state index in [4.69, 9.17) is 21.1 Å². The Bertz CT molecular complexity index is 886. The number of nitrogens with one attached hydrogen (secondary N) is 1. The maximum Gasteiger partial charge on any atom is 0.134 e. The van der Waals surface area contributed by atoms with Crippen LogP contribution < -0.4 is 14.8 Å². The molecule has 6 heteroatoms. The van der Waals surface area contributed by atoms with Gasteiger partial charge in [-0.05, 0) is 82.0 Å². The minimum atomic E-state index is 0. The Morgan fingerprint density at radius 3 is 2.21 bits per heavy atom. The lowest BCUT2D eigenvalue weighted by molar-refractivity contribution is 0.304. The standard InChI is InChI=1S/C23H23BrClNO2.ClH/c1-27-21-9-4-17(5-10-21)12-13-26-15-19-6-11-23(22(24)14-19)28-16-18-2-7-20(25)8-3-18;/h2-11,14,26H,12-13,15-16H2,1H3;1H. The van der Waals surface area contributed by atoms with Gasteiger partial charge in [-0.1, -0.05) is 41.9 Å². The Labute approximate surface area is 191 Å². The molecule has 0 bridgehead atoms. The molecule has 154 valence electrons. The van der Waals surface area contributed by atoms with Crippen molar-refractivity contribution in [2.45, 2.75) is 19.6 Å². The quantitative estimate of drug-likeness (QED) is 0.345. The van der Waals surface area contributed by atoms with Crippen molar-refractivity contribution in [1.29, 1.82) is 0 Å². The highest BCUT2D eigenvalue weighted by atomic mass is 79.9. The smallest absolute Gasteiger partial charge is 0.134 e. The summed E-state index contributed by atoms with van der Waals surface area (Å²) >= 11 is 9.52. The van der Waals surface area contributed by atoms with Crippen LogP contribution in [0.1, 0.15) is 16.7 Å². The molecule has 0 amide bonds. The first-order valence-electron chi connectivity index (χ1n) is 9.13. The molecule has 0 aromatic heterocycles. The fourth-order valence-electron chi connectivity index (χ4n) is 2.77. The van der Waals surface area contributed by atoms with Gasteiger partial charge in [-0.3, -0.25) is 0 Å². The zero-order valence-corrected chi connectivity index (χ0v) is 19.3. The number of methoxy groups -OCH3 is 1. The van der Waals surface area contributed by atoms with E-state index in [-0.39, 0.29) is 12.4 Å². The van der Waals surface area contributed by atoms with Crippen LogP contribution in [0.15, 0.2) is 71.2 Å². The van der Waals surface area contributed by atoms with Gasteiger partial charge in [0.25, 0.3) is 0 Å². The third-order valence-electron chi connectivity index (χ3n) is 4.38. The highest BCUT2D eigenvalue weighted by Gasteiger charge is 2.04. The van der Waals surface area contributed by atoms with E-state index >= 15 is 0 Å². The average Bonchev–Trinajstić information content (AvgIpc) is 2.72. The summed E-state index contributed by atoms with van der Waals surface area (Å²) in [4.78, 5) is 0. The van der Waals surface area contributed by atoms with Crippen LogP contribution in [-0.4, -0.2) is 13.7 Å². The molecular formula is C23H24BrCl2NO2. The van der Waals surface area contributed by atoms with Crippen molar-refractivity contribution in [3.05, 3.63) is 92.9 Å². The van der Waals surface area contributed by atoms with E-state index in [1.165, 1.54) is 11.1 Å². The van der Waals surface area contributed by atoms with E-state index in [1.54, 1.807) is 7.11 Å². The number of benzene rings is 3. The van der Waals surface area contributed by atoms with E-state index in [0.29, 0.717) is 6.61 Å². The van der Waals surface area contributed by atoms with Crippen molar-refractivity contribution in [2.75, 3.05) is 13.7 Å². The van der Waals surface area contributed by atoms with Crippen molar-refractivity contribution >= 4 is 39.9 Å². The third kappa shape index (κ3) is 7.56. The van der Waals surface area contributed by atoms with Gasteiger partial charge in [0.05, 0.1) is 11.6 Å². The second kappa shape index (κ2) is 12.1. The lowest BCUT2D eigenvalue weighted by atomic mass is 10.1. The fourth-order valence-corrected chi connectivity index (χ4v) is 3.44. The number of ether oxygens (including phenoxy) is 2. The van der Waals surface area contributed by atoms with Gasteiger partial charge in [-0.2, -0.15) is 0 Å². The summed E-state index contributed by atoms with van der Waals surface area (Å²) in [6.45, 7) is 2.24. The highest BCUT2D eigenvalue weighted by molar-refractivity contribution is 9.10. The molecule has 0 atom stereocenters. The largest absolute Gasteiger partial charge is 0.497 e. The van der Waals surface area contributed by atoms with Crippen LogP contribution in [-0.2, 0) is 19.6 Å². The van der Waals surface area contributed by atoms with Crippen molar-refractivity contribution in [3.8, 4) is 11.5 Å². The first-order chi connectivity index (χ1) is 13.6. The normalized spacial score (nSPS) is 10.3. The predicted octanol–water partition coefficient (Wildman–Crippen LogP) is 6.44. The minimum absolute atomic E-state index is 0. The van der Waals surface area contributed by atoms with E-state index in [2.05, 4.69) is 45.5 Å². The van der Waals surface area contributed by atoms with Crippen molar-refractivity contribution in [2.24, 2.45) is 0 Å². The van der Waals surface area contributed by atoms with Gasteiger partial charge in [0, 0.05) is 11.6 Å². The topological polar surface area (TPSA) is 30.5 Å². The number of hydrogen-bond donors (Lipinski definition) is 1. The molecule has 0 unspecified atom stereocenters. The zero-order chi connectivity index (χ0) is 19.8. The Kier molecular flexibility index (Phi) is 9.82. The second-order valence-electron chi connectivity index (χ2n) is 6.45. The van der Waals surface area contributed by atoms with Gasteiger partial charge in [-0.15, -0.1) is 12.4 Å². The summed E-state index contributed by atoms with van der Waals surface area (Å²) in [5.41, 5.74) is 3.58. The molecule has 3 rings (SSSR count). The molecule has 0 radical (unpaired) electrons. The van der Waals surface area contributed by atoms with Gasteiger partial charge in [0.2, 0.25) is 0 Å². The van der Waals surface area contributed by atoms with Crippen molar-refractivity contribution in [1.82, 2.24) is 5.32 Å². The predicted molar refractivity (Wildman–Crippen MR) is 126 cm³/mol. The summed E-state index contributed by atoms with van der Waals surface area (Å²) in [7, 11) is 1.68. The van der Waals surface area contributed by atoms with Crippen LogP contribution >= 0.6 is 39.9 Å². The van der Waals surface area contributed by atoms with Crippen LogP contribution in [0.2, 0.25) is 5.02 Å². The average molecular weight is 497 g/mol. The minimum Gasteiger partial charge on any atom is -0.497 e. The van der Waals surface area contributed by atoms with Crippen LogP contribution in [0, 0.1) is 0 Å².